The van der Waals surface area contributed by atoms with E-state index in [1.807, 2.05) is 36.4 Å². The Morgan fingerprint density at radius 1 is 0.567 bits per heavy atom. The summed E-state index contributed by atoms with van der Waals surface area (Å²) in [5, 5.41) is 0. The van der Waals surface area contributed by atoms with Gasteiger partial charge < -0.3 is 9.97 Å². The van der Waals surface area contributed by atoms with Gasteiger partial charge in [-0.15, -0.1) is 0 Å². The molecule has 5 nitrogen and oxygen atoms in total. The molecule has 0 aliphatic carbocycles. The molecule has 0 spiro atoms. The number of pyridine rings is 1. The minimum Gasteiger partial charge on any atom is -0.355 e. The van der Waals surface area contributed by atoms with E-state index < -0.39 is 0 Å². The number of aromatic nitrogens is 5. The maximum Gasteiger partial charge on any atom is 0.0737 e. The molecule has 6 heterocycles. The molecule has 0 aromatic carbocycles. The highest BCUT2D eigenvalue weighted by Crippen LogP contribution is 2.29. The minimum atomic E-state index is 0.907. The molecule has 30 heavy (non-hydrogen) atoms. The molecule has 0 atom stereocenters. The van der Waals surface area contributed by atoms with Gasteiger partial charge in [0, 0.05) is 40.0 Å². The summed E-state index contributed by atoms with van der Waals surface area (Å²) in [7, 11) is 0. The van der Waals surface area contributed by atoms with Crippen molar-refractivity contribution in [1.29, 1.82) is 0 Å². The lowest BCUT2D eigenvalue weighted by molar-refractivity contribution is 1.30. The molecule has 0 unspecified atom stereocenters. The first-order valence-electron chi connectivity index (χ1n) is 9.78. The van der Waals surface area contributed by atoms with Crippen LogP contribution in [0, 0.1) is 0 Å². The minimum absolute atomic E-state index is 0.907. The number of hydrogen-bond donors (Lipinski definition) is 2. The molecule has 5 heteroatoms. The molecular weight excluding hydrogens is 370 g/mol. The first-order chi connectivity index (χ1) is 14.8. The second-order valence-corrected chi connectivity index (χ2v) is 7.29. The standard InChI is InChI=1S/C25H17N5/c1-3-19-14-21-5-7-23(29-21)25(16-9-11-26-12-10-16)24-8-6-22(30-24)15-20-4-2-18(28-20)13-17(1)27-19/h1-15,27,30H. The average Bonchev–Trinajstić information content (AvgIpc) is 3.54. The van der Waals surface area contributed by atoms with Gasteiger partial charge in [-0.05, 0) is 84.5 Å². The molecular formula is C25H17N5. The van der Waals surface area contributed by atoms with Crippen molar-refractivity contribution in [1.82, 2.24) is 24.9 Å². The van der Waals surface area contributed by atoms with E-state index in [2.05, 4.69) is 57.4 Å². The van der Waals surface area contributed by atoms with Crippen molar-refractivity contribution in [3.8, 4) is 11.1 Å². The highest BCUT2D eigenvalue weighted by atomic mass is 14.8. The van der Waals surface area contributed by atoms with Gasteiger partial charge >= 0.3 is 0 Å². The topological polar surface area (TPSA) is 70.2 Å². The van der Waals surface area contributed by atoms with Crippen molar-refractivity contribution in [3.63, 3.8) is 0 Å². The van der Waals surface area contributed by atoms with Gasteiger partial charge in [0.25, 0.3) is 0 Å². The van der Waals surface area contributed by atoms with Crippen molar-refractivity contribution in [2.75, 3.05) is 0 Å². The van der Waals surface area contributed by atoms with Gasteiger partial charge in [-0.25, -0.2) is 9.97 Å². The van der Waals surface area contributed by atoms with Gasteiger partial charge in [0.1, 0.15) is 0 Å². The van der Waals surface area contributed by atoms with Crippen molar-refractivity contribution >= 4 is 46.4 Å². The zero-order valence-electron chi connectivity index (χ0n) is 16.0. The predicted octanol–water partition coefficient (Wildman–Crippen LogP) is 5.72. The molecule has 4 aromatic heterocycles. The number of nitrogens with zero attached hydrogens (tertiary/aromatic N) is 3. The molecule has 142 valence electrons. The van der Waals surface area contributed by atoms with Crippen LogP contribution in [-0.4, -0.2) is 24.9 Å². The monoisotopic (exact) mass is 387 g/mol. The highest BCUT2D eigenvalue weighted by Gasteiger charge is 2.10. The third kappa shape index (κ3) is 3.02. The number of nitrogens with one attached hydrogen (secondary N) is 2. The summed E-state index contributed by atoms with van der Waals surface area (Å²) in [4.78, 5) is 20.7. The average molecular weight is 387 g/mol. The van der Waals surface area contributed by atoms with E-state index in [0.29, 0.717) is 0 Å². The van der Waals surface area contributed by atoms with E-state index in [1.165, 1.54) is 0 Å². The first-order valence-corrected chi connectivity index (χ1v) is 9.78. The second-order valence-electron chi connectivity index (χ2n) is 7.29. The summed E-state index contributed by atoms with van der Waals surface area (Å²) in [6, 6.07) is 18.4. The number of H-pyrrole nitrogens is 2. The van der Waals surface area contributed by atoms with Crippen LogP contribution in [0.25, 0.3) is 57.5 Å². The van der Waals surface area contributed by atoms with Crippen molar-refractivity contribution in [3.05, 3.63) is 89.8 Å². The van der Waals surface area contributed by atoms with Crippen LogP contribution in [0.3, 0.4) is 0 Å². The normalized spacial score (nSPS) is 12.4. The quantitative estimate of drug-likeness (QED) is 0.379. The Kier molecular flexibility index (Phi) is 3.71. The smallest absolute Gasteiger partial charge is 0.0737 e. The van der Waals surface area contributed by atoms with Crippen LogP contribution < -0.4 is 0 Å². The fourth-order valence-electron chi connectivity index (χ4n) is 3.83. The molecule has 6 rings (SSSR count). The Balaban J connectivity index is 1.73. The van der Waals surface area contributed by atoms with Gasteiger partial charge in [0.05, 0.1) is 22.8 Å². The lowest BCUT2D eigenvalue weighted by Crippen LogP contribution is -1.85. The Labute approximate surface area is 172 Å². The summed E-state index contributed by atoms with van der Waals surface area (Å²) in [6.07, 6.45) is 11.8. The number of rotatable bonds is 1. The Morgan fingerprint density at radius 2 is 1.17 bits per heavy atom. The fraction of sp³-hybridized carbons (Fsp3) is 0. The van der Waals surface area contributed by atoms with E-state index in [-0.39, 0.29) is 0 Å². The summed E-state index contributed by atoms with van der Waals surface area (Å²) < 4.78 is 0. The molecule has 0 saturated heterocycles. The molecule has 2 N–H and O–H groups in total. The van der Waals surface area contributed by atoms with E-state index in [1.54, 1.807) is 12.4 Å². The molecule has 2 aliphatic rings. The maximum atomic E-state index is 4.89. The number of aromatic amines is 2. The fourth-order valence-corrected chi connectivity index (χ4v) is 3.83. The summed E-state index contributed by atoms with van der Waals surface area (Å²) in [5.41, 5.74) is 9.78. The van der Waals surface area contributed by atoms with Crippen LogP contribution in [0.15, 0.2) is 67.0 Å². The van der Waals surface area contributed by atoms with Crippen LogP contribution in [0.5, 0.6) is 0 Å². The SMILES string of the molecule is C1=Cc2cc3ccc([nH]3)c(-c3ccncc3)c3nc(cc4ccc(cc1n2)[nH]4)C=C3. The molecule has 0 fully saturated rings. The van der Waals surface area contributed by atoms with E-state index >= 15 is 0 Å². The Bertz CT molecular complexity index is 1490. The van der Waals surface area contributed by atoms with Crippen LogP contribution in [0.4, 0.5) is 0 Å². The van der Waals surface area contributed by atoms with Gasteiger partial charge in [0.2, 0.25) is 0 Å². The van der Waals surface area contributed by atoms with Gasteiger partial charge in [-0.1, -0.05) is 0 Å². The van der Waals surface area contributed by atoms with Gasteiger partial charge in [-0.3, -0.25) is 4.98 Å². The predicted molar refractivity (Wildman–Crippen MR) is 122 cm³/mol. The Hall–Kier alpha value is -4.25. The zero-order chi connectivity index (χ0) is 19.9. The second kappa shape index (κ2) is 6.67. The van der Waals surface area contributed by atoms with Crippen molar-refractivity contribution in [2.45, 2.75) is 0 Å². The van der Waals surface area contributed by atoms with Crippen LogP contribution in [-0.2, 0) is 0 Å². The van der Waals surface area contributed by atoms with Crippen molar-refractivity contribution < 1.29 is 0 Å². The van der Waals surface area contributed by atoms with Crippen LogP contribution in [0.1, 0.15) is 22.8 Å². The molecule has 2 aliphatic heterocycles. The van der Waals surface area contributed by atoms with Gasteiger partial charge in [-0.2, -0.15) is 0 Å². The molecule has 0 radical (unpaired) electrons. The Morgan fingerprint density at radius 3 is 1.90 bits per heavy atom. The maximum absolute atomic E-state index is 4.89. The van der Waals surface area contributed by atoms with E-state index in [9.17, 15) is 0 Å². The molecule has 0 amide bonds. The summed E-state index contributed by atoms with van der Waals surface area (Å²) in [5.74, 6) is 0. The number of hydrogen-bond acceptors (Lipinski definition) is 3. The largest absolute Gasteiger partial charge is 0.355 e. The lowest BCUT2D eigenvalue weighted by Gasteiger charge is -2.02. The van der Waals surface area contributed by atoms with E-state index in [4.69, 9.17) is 9.97 Å². The zero-order valence-corrected chi connectivity index (χ0v) is 16.0. The number of fused-ring (bicyclic) bond motifs is 8. The van der Waals surface area contributed by atoms with E-state index in [0.717, 1.165) is 56.0 Å². The molecule has 0 saturated carbocycles. The van der Waals surface area contributed by atoms with Crippen molar-refractivity contribution in [2.24, 2.45) is 0 Å². The van der Waals surface area contributed by atoms with Crippen LogP contribution >= 0.6 is 0 Å². The summed E-state index contributed by atoms with van der Waals surface area (Å²) >= 11 is 0. The lowest BCUT2D eigenvalue weighted by atomic mass is 10.1. The molecule has 4 aromatic rings. The van der Waals surface area contributed by atoms with Crippen LogP contribution in [0.2, 0.25) is 0 Å². The third-order valence-corrected chi connectivity index (χ3v) is 5.19. The summed E-state index contributed by atoms with van der Waals surface area (Å²) in [6.45, 7) is 0. The highest BCUT2D eigenvalue weighted by molar-refractivity contribution is 5.90. The van der Waals surface area contributed by atoms with Gasteiger partial charge in [0.15, 0.2) is 0 Å². The third-order valence-electron chi connectivity index (χ3n) is 5.19. The molecule has 8 bridgehead atoms. The first kappa shape index (κ1) is 16.7.